The summed E-state index contributed by atoms with van der Waals surface area (Å²) >= 11 is 0. The van der Waals surface area contributed by atoms with Crippen molar-refractivity contribution in [1.82, 2.24) is 4.90 Å². The van der Waals surface area contributed by atoms with Gasteiger partial charge in [0.25, 0.3) is 5.91 Å². The first-order chi connectivity index (χ1) is 9.18. The van der Waals surface area contributed by atoms with Crippen molar-refractivity contribution in [2.75, 3.05) is 26.5 Å². The van der Waals surface area contributed by atoms with Crippen molar-refractivity contribution in [3.63, 3.8) is 0 Å². The minimum absolute atomic E-state index is 0.0321. The molecule has 20 heavy (non-hydrogen) atoms. The Morgan fingerprint density at radius 1 is 1.25 bits per heavy atom. The van der Waals surface area contributed by atoms with Gasteiger partial charge in [-0.3, -0.25) is 9.59 Å². The Labute approximate surface area is 113 Å². The fourth-order valence-electron chi connectivity index (χ4n) is 1.43. The molecule has 2 amide bonds. The minimum atomic E-state index is -5.06. The van der Waals surface area contributed by atoms with Crippen molar-refractivity contribution >= 4 is 17.5 Å². The van der Waals surface area contributed by atoms with Crippen molar-refractivity contribution < 1.29 is 27.5 Å². The highest BCUT2D eigenvalue weighted by Crippen LogP contribution is 2.30. The lowest BCUT2D eigenvalue weighted by atomic mass is 10.1. The van der Waals surface area contributed by atoms with Crippen molar-refractivity contribution in [3.05, 3.63) is 23.8 Å². The van der Waals surface area contributed by atoms with Gasteiger partial charge in [-0.05, 0) is 12.1 Å². The van der Waals surface area contributed by atoms with Crippen LogP contribution in [0.25, 0.3) is 0 Å². The molecule has 0 aromatic heterocycles. The Hall–Kier alpha value is -2.25. The molecule has 0 aliphatic heterocycles. The lowest BCUT2D eigenvalue weighted by molar-refractivity contribution is -0.167. The Morgan fingerprint density at radius 3 is 2.30 bits per heavy atom. The van der Waals surface area contributed by atoms with E-state index in [2.05, 4.69) is 0 Å². The fourth-order valence-corrected chi connectivity index (χ4v) is 1.43. The average molecular weight is 290 g/mol. The van der Waals surface area contributed by atoms with Crippen molar-refractivity contribution in [2.24, 2.45) is 0 Å². The number of carbonyl (C=O) groups is 2. The molecule has 0 aliphatic rings. The zero-order chi connectivity index (χ0) is 15.5. The van der Waals surface area contributed by atoms with E-state index in [4.69, 9.17) is 4.74 Å². The second-order valence-electron chi connectivity index (χ2n) is 4.03. The molecule has 0 spiro atoms. The van der Waals surface area contributed by atoms with Crippen LogP contribution in [-0.2, 0) is 4.79 Å². The lowest BCUT2D eigenvalue weighted by Crippen LogP contribution is -2.31. The second-order valence-corrected chi connectivity index (χ2v) is 4.03. The van der Waals surface area contributed by atoms with Crippen LogP contribution in [0.2, 0.25) is 0 Å². The Balaban J connectivity index is 3.28. The summed E-state index contributed by atoms with van der Waals surface area (Å²) in [5.74, 6) is -2.76. The SMILES string of the molecule is COc1cccc(C(=O)N(C)C)c1NC(=O)C(F)(F)F. The van der Waals surface area contributed by atoms with Crippen LogP contribution < -0.4 is 10.1 Å². The summed E-state index contributed by atoms with van der Waals surface area (Å²) in [5.41, 5.74) is -0.400. The van der Waals surface area contributed by atoms with Gasteiger partial charge in [0, 0.05) is 14.1 Å². The number of nitrogens with zero attached hydrogens (tertiary/aromatic N) is 1. The largest absolute Gasteiger partial charge is 0.495 e. The standard InChI is InChI=1S/C12H13F3N2O3/c1-17(2)10(18)7-5-4-6-8(20-3)9(7)16-11(19)12(13,14)15/h4-6H,1-3H3,(H,16,19). The Morgan fingerprint density at radius 2 is 1.85 bits per heavy atom. The third kappa shape index (κ3) is 3.40. The highest BCUT2D eigenvalue weighted by Gasteiger charge is 2.39. The maximum atomic E-state index is 12.3. The summed E-state index contributed by atoms with van der Waals surface area (Å²) in [6, 6.07) is 4.09. The summed E-state index contributed by atoms with van der Waals surface area (Å²) in [4.78, 5) is 24.1. The molecule has 0 fully saturated rings. The van der Waals surface area contributed by atoms with Gasteiger partial charge in [-0.25, -0.2) is 0 Å². The molecule has 110 valence electrons. The van der Waals surface area contributed by atoms with Crippen molar-refractivity contribution in [3.8, 4) is 5.75 Å². The van der Waals surface area contributed by atoms with E-state index in [1.54, 1.807) is 5.32 Å². The van der Waals surface area contributed by atoms with Gasteiger partial charge >= 0.3 is 12.1 Å². The number of benzene rings is 1. The smallest absolute Gasteiger partial charge is 0.471 e. The van der Waals surface area contributed by atoms with Crippen LogP contribution in [0.5, 0.6) is 5.75 Å². The maximum absolute atomic E-state index is 12.3. The molecule has 5 nitrogen and oxygen atoms in total. The first-order valence-corrected chi connectivity index (χ1v) is 5.45. The summed E-state index contributed by atoms with van der Waals surface area (Å²) in [6.07, 6.45) is -5.06. The lowest BCUT2D eigenvalue weighted by Gasteiger charge is -2.17. The van der Waals surface area contributed by atoms with Gasteiger partial charge in [0.05, 0.1) is 18.4 Å². The van der Waals surface area contributed by atoms with E-state index in [-0.39, 0.29) is 17.0 Å². The third-order valence-corrected chi connectivity index (χ3v) is 2.38. The number of ether oxygens (including phenoxy) is 1. The molecule has 0 saturated carbocycles. The minimum Gasteiger partial charge on any atom is -0.495 e. The molecule has 0 heterocycles. The molecule has 0 aliphatic carbocycles. The van der Waals surface area contributed by atoms with E-state index in [1.165, 1.54) is 44.3 Å². The van der Waals surface area contributed by atoms with Gasteiger partial charge in [-0.2, -0.15) is 13.2 Å². The first kappa shape index (κ1) is 15.8. The summed E-state index contributed by atoms with van der Waals surface area (Å²) < 4.78 is 41.8. The van der Waals surface area contributed by atoms with Crippen LogP contribution in [0.3, 0.4) is 0 Å². The zero-order valence-electron chi connectivity index (χ0n) is 11.0. The molecular formula is C12H13F3N2O3. The number of alkyl halides is 3. The Bertz CT molecular complexity index is 527. The number of rotatable bonds is 3. The topological polar surface area (TPSA) is 58.6 Å². The van der Waals surface area contributed by atoms with E-state index < -0.39 is 18.0 Å². The predicted octanol–water partition coefficient (Wildman–Crippen LogP) is 1.90. The van der Waals surface area contributed by atoms with Crippen molar-refractivity contribution in [2.45, 2.75) is 6.18 Å². The number of hydrogen-bond donors (Lipinski definition) is 1. The number of nitrogens with one attached hydrogen (secondary N) is 1. The summed E-state index contributed by atoms with van der Waals surface area (Å²) in [7, 11) is 4.11. The molecule has 1 aromatic rings. The fraction of sp³-hybridized carbons (Fsp3) is 0.333. The molecule has 0 atom stereocenters. The van der Waals surface area contributed by atoms with Crippen LogP contribution >= 0.6 is 0 Å². The molecule has 1 rings (SSSR count). The van der Waals surface area contributed by atoms with Crippen LogP contribution in [0.15, 0.2) is 18.2 Å². The number of para-hydroxylation sites is 1. The monoisotopic (exact) mass is 290 g/mol. The van der Waals surface area contributed by atoms with Crippen LogP contribution in [-0.4, -0.2) is 44.1 Å². The van der Waals surface area contributed by atoms with E-state index >= 15 is 0 Å². The second kappa shape index (κ2) is 5.81. The molecule has 1 aromatic carbocycles. The first-order valence-electron chi connectivity index (χ1n) is 5.45. The van der Waals surface area contributed by atoms with Crippen molar-refractivity contribution in [1.29, 1.82) is 0 Å². The quantitative estimate of drug-likeness (QED) is 0.925. The Kier molecular flexibility index (Phi) is 4.59. The van der Waals surface area contributed by atoms with Gasteiger partial charge in [0.2, 0.25) is 0 Å². The van der Waals surface area contributed by atoms with Crippen LogP contribution in [0.1, 0.15) is 10.4 Å². The molecule has 0 bridgehead atoms. The zero-order valence-corrected chi connectivity index (χ0v) is 11.0. The van der Waals surface area contributed by atoms with Gasteiger partial charge in [-0.1, -0.05) is 6.07 Å². The van der Waals surface area contributed by atoms with E-state index in [0.29, 0.717) is 0 Å². The molecule has 0 radical (unpaired) electrons. The summed E-state index contributed by atoms with van der Waals surface area (Å²) in [5, 5.41) is 1.67. The number of anilines is 1. The number of amides is 2. The molecule has 0 saturated heterocycles. The molecule has 1 N–H and O–H groups in total. The number of halogens is 3. The van der Waals surface area contributed by atoms with E-state index in [0.717, 1.165) is 0 Å². The highest BCUT2D eigenvalue weighted by atomic mass is 19.4. The van der Waals surface area contributed by atoms with Gasteiger partial charge in [0.1, 0.15) is 5.75 Å². The average Bonchev–Trinajstić information content (AvgIpc) is 2.36. The number of carbonyl (C=O) groups excluding carboxylic acids is 2. The number of hydrogen-bond acceptors (Lipinski definition) is 3. The molecule has 0 unspecified atom stereocenters. The van der Waals surface area contributed by atoms with Gasteiger partial charge in [-0.15, -0.1) is 0 Å². The van der Waals surface area contributed by atoms with Crippen LogP contribution in [0, 0.1) is 0 Å². The van der Waals surface area contributed by atoms with E-state index in [9.17, 15) is 22.8 Å². The predicted molar refractivity (Wildman–Crippen MR) is 65.7 cm³/mol. The normalized spacial score (nSPS) is 10.9. The highest BCUT2D eigenvalue weighted by molar-refractivity contribution is 6.06. The van der Waals surface area contributed by atoms with Gasteiger partial charge in [0.15, 0.2) is 0 Å². The van der Waals surface area contributed by atoms with E-state index in [1.807, 2.05) is 0 Å². The summed E-state index contributed by atoms with van der Waals surface area (Å²) in [6.45, 7) is 0. The molecule has 8 heteroatoms. The van der Waals surface area contributed by atoms with Gasteiger partial charge < -0.3 is 15.0 Å². The van der Waals surface area contributed by atoms with Crippen LogP contribution in [0.4, 0.5) is 18.9 Å². The number of methoxy groups -OCH3 is 1. The maximum Gasteiger partial charge on any atom is 0.471 e. The third-order valence-electron chi connectivity index (χ3n) is 2.38. The molecular weight excluding hydrogens is 277 g/mol.